The van der Waals surface area contributed by atoms with Crippen LogP contribution in [0.5, 0.6) is 0 Å². The maximum atomic E-state index is 14.5. The minimum absolute atomic E-state index is 0.234. The first-order valence-corrected chi connectivity index (χ1v) is 12.7. The monoisotopic (exact) mass is 530 g/mol. The number of hydrogen-bond donors (Lipinski definition) is 3. The van der Waals surface area contributed by atoms with Gasteiger partial charge in [-0.25, -0.2) is 14.2 Å². The van der Waals surface area contributed by atoms with Crippen molar-refractivity contribution in [1.29, 1.82) is 0 Å². The number of nitrogens with one attached hydrogen (secondary N) is 2. The number of carbonyl (C=O) groups excluding carboxylic acids is 2. The Labute approximate surface area is 225 Å². The maximum absolute atomic E-state index is 14.5. The maximum Gasteiger partial charge on any atom is 0.408 e. The first-order valence-electron chi connectivity index (χ1n) is 12.7. The number of nitrogens with zero attached hydrogens (tertiary/aromatic N) is 3. The van der Waals surface area contributed by atoms with Crippen LogP contribution in [0, 0.1) is 5.82 Å². The molecule has 1 fully saturated rings. The fraction of sp³-hybridized carbons (Fsp3) is 0.310. The molecule has 0 spiro atoms. The lowest BCUT2D eigenvalue weighted by Crippen LogP contribution is -2.49. The van der Waals surface area contributed by atoms with Crippen LogP contribution >= 0.6 is 0 Å². The highest BCUT2D eigenvalue weighted by molar-refractivity contribution is 5.96. The molecule has 1 saturated heterocycles. The second-order valence-corrected chi connectivity index (χ2v) is 11.1. The molecule has 1 atom stereocenters. The summed E-state index contributed by atoms with van der Waals surface area (Å²) in [7, 11) is 0. The summed E-state index contributed by atoms with van der Waals surface area (Å²) in [6, 6.07) is 11.8. The largest absolute Gasteiger partial charge is 0.444 e. The number of alkyl carbamates (subject to hydrolysis) is 1. The molecular weight excluding hydrogens is 499 g/mol. The van der Waals surface area contributed by atoms with Crippen LogP contribution in [0.3, 0.4) is 0 Å². The van der Waals surface area contributed by atoms with E-state index in [-0.39, 0.29) is 5.52 Å². The molecule has 1 aliphatic heterocycles. The molecule has 1 aliphatic rings. The molecule has 9 nitrogen and oxygen atoms in total. The molecular formula is C29H31FN6O3. The quantitative estimate of drug-likeness (QED) is 0.333. The summed E-state index contributed by atoms with van der Waals surface area (Å²) in [4.78, 5) is 38.9. The number of primary amides is 1. The number of rotatable bonds is 5. The molecule has 5 rings (SSSR count). The highest BCUT2D eigenvalue weighted by Crippen LogP contribution is 2.41. The molecule has 0 radical (unpaired) electrons. The van der Waals surface area contributed by atoms with Gasteiger partial charge < -0.3 is 25.7 Å². The Morgan fingerprint density at radius 3 is 2.62 bits per heavy atom. The summed E-state index contributed by atoms with van der Waals surface area (Å²) in [6.07, 6.45) is 3.58. The molecule has 202 valence electrons. The van der Waals surface area contributed by atoms with E-state index in [9.17, 15) is 14.0 Å². The lowest BCUT2D eigenvalue weighted by Gasteiger charge is -2.30. The van der Waals surface area contributed by atoms with Gasteiger partial charge in [0.1, 0.15) is 16.9 Å². The van der Waals surface area contributed by atoms with Crippen molar-refractivity contribution in [3.63, 3.8) is 0 Å². The van der Waals surface area contributed by atoms with Gasteiger partial charge >= 0.3 is 6.09 Å². The number of pyridine rings is 1. The smallest absolute Gasteiger partial charge is 0.408 e. The first kappa shape index (κ1) is 26.1. The number of benzene rings is 2. The van der Waals surface area contributed by atoms with Crippen molar-refractivity contribution in [2.75, 3.05) is 18.0 Å². The van der Waals surface area contributed by atoms with Gasteiger partial charge in [0.2, 0.25) is 5.91 Å². The zero-order chi connectivity index (χ0) is 27.9. The molecule has 1 unspecified atom stereocenters. The summed E-state index contributed by atoms with van der Waals surface area (Å²) in [5.41, 5.74) is 8.47. The van der Waals surface area contributed by atoms with E-state index in [1.807, 2.05) is 33.8 Å². The summed E-state index contributed by atoms with van der Waals surface area (Å²) >= 11 is 0. The van der Waals surface area contributed by atoms with Crippen molar-refractivity contribution in [3.8, 4) is 22.5 Å². The summed E-state index contributed by atoms with van der Waals surface area (Å²) in [5.74, 6) is -0.505. The van der Waals surface area contributed by atoms with Gasteiger partial charge in [0, 0.05) is 36.6 Å². The zero-order valence-electron chi connectivity index (χ0n) is 22.3. The number of halogens is 1. The van der Waals surface area contributed by atoms with Crippen LogP contribution < -0.4 is 16.0 Å². The number of para-hydroxylation sites is 1. The van der Waals surface area contributed by atoms with Gasteiger partial charge in [-0.05, 0) is 63.9 Å². The van der Waals surface area contributed by atoms with Gasteiger partial charge in [0.15, 0.2) is 5.82 Å². The Morgan fingerprint density at radius 1 is 1.15 bits per heavy atom. The number of fused-ring (bicyclic) bond motifs is 1. The van der Waals surface area contributed by atoms with Crippen molar-refractivity contribution in [2.45, 2.75) is 45.3 Å². The highest BCUT2D eigenvalue weighted by Gasteiger charge is 2.38. The highest BCUT2D eigenvalue weighted by atomic mass is 19.1. The van der Waals surface area contributed by atoms with E-state index < -0.39 is 29.0 Å². The Bertz CT molecular complexity index is 1580. The molecule has 4 N–H and O–H groups in total. The fourth-order valence-electron chi connectivity index (χ4n) is 4.95. The lowest BCUT2D eigenvalue weighted by atomic mass is 9.99. The number of carbonyl (C=O) groups is 2. The number of ether oxygens (including phenoxy) is 1. The molecule has 2 amide bonds. The summed E-state index contributed by atoms with van der Waals surface area (Å²) < 4.78 is 20.0. The normalized spacial score (nSPS) is 17.4. The number of amides is 2. The molecule has 3 heterocycles. The van der Waals surface area contributed by atoms with Crippen LogP contribution in [-0.4, -0.2) is 51.2 Å². The summed E-state index contributed by atoms with van der Waals surface area (Å²) in [5, 5.41) is 3.03. The zero-order valence-corrected chi connectivity index (χ0v) is 22.3. The molecule has 0 bridgehead atoms. The number of anilines is 1. The van der Waals surface area contributed by atoms with Gasteiger partial charge in [-0.15, -0.1) is 0 Å². The molecule has 39 heavy (non-hydrogen) atoms. The standard InChI is InChI=1S/C29H31FN6O3/c1-28(2,3)39-27(38)35-29(4)11-12-36(16-29)24-19(17-7-5-8-18(13-17)25(31)37)14-32-15-20(24)26-33-22-10-6-9-21(30)23(22)34-26/h5-10,13-15H,11-12,16H2,1-4H3,(H2,31,37)(H,33,34)(H,35,38). The van der Waals surface area contributed by atoms with E-state index in [0.29, 0.717) is 42.0 Å². The Morgan fingerprint density at radius 2 is 1.90 bits per heavy atom. The van der Waals surface area contributed by atoms with Crippen molar-refractivity contribution in [1.82, 2.24) is 20.3 Å². The number of H-pyrrole nitrogens is 1. The van der Waals surface area contributed by atoms with E-state index >= 15 is 0 Å². The fourth-order valence-corrected chi connectivity index (χ4v) is 4.95. The molecule has 0 aliphatic carbocycles. The Balaban J connectivity index is 1.60. The number of aromatic amines is 1. The van der Waals surface area contributed by atoms with E-state index in [1.165, 1.54) is 6.07 Å². The van der Waals surface area contributed by atoms with Gasteiger partial charge in [-0.3, -0.25) is 9.78 Å². The van der Waals surface area contributed by atoms with Gasteiger partial charge in [0.05, 0.1) is 22.3 Å². The molecule has 2 aromatic carbocycles. The third-order valence-electron chi connectivity index (χ3n) is 6.69. The predicted octanol–water partition coefficient (Wildman–Crippen LogP) is 5.02. The van der Waals surface area contributed by atoms with E-state index in [1.54, 1.807) is 42.7 Å². The SMILES string of the molecule is CC1(NC(=O)OC(C)(C)C)CCN(c2c(-c3cccc(C(N)=O)c3)cncc2-c2nc3c(F)cccc3[nH]2)C1. The van der Waals surface area contributed by atoms with Crippen molar-refractivity contribution in [3.05, 3.63) is 66.2 Å². The van der Waals surface area contributed by atoms with Crippen LogP contribution in [-0.2, 0) is 4.74 Å². The van der Waals surface area contributed by atoms with Crippen molar-refractivity contribution in [2.24, 2.45) is 5.73 Å². The number of aromatic nitrogens is 3. The van der Waals surface area contributed by atoms with Gasteiger partial charge in [0.25, 0.3) is 0 Å². The van der Waals surface area contributed by atoms with E-state index in [2.05, 4.69) is 25.2 Å². The predicted molar refractivity (Wildman–Crippen MR) is 148 cm³/mol. The van der Waals surface area contributed by atoms with Crippen LogP contribution in [0.1, 0.15) is 44.5 Å². The van der Waals surface area contributed by atoms with Crippen LogP contribution in [0.25, 0.3) is 33.5 Å². The Hall–Kier alpha value is -4.47. The van der Waals surface area contributed by atoms with Crippen molar-refractivity contribution >= 4 is 28.7 Å². The lowest BCUT2D eigenvalue weighted by molar-refractivity contribution is 0.0473. The van der Waals surface area contributed by atoms with Crippen LogP contribution in [0.4, 0.5) is 14.9 Å². The molecule has 10 heteroatoms. The van der Waals surface area contributed by atoms with E-state index in [4.69, 9.17) is 10.5 Å². The molecule has 2 aromatic heterocycles. The number of nitrogens with two attached hydrogens (primary N) is 1. The third-order valence-corrected chi connectivity index (χ3v) is 6.69. The minimum Gasteiger partial charge on any atom is -0.444 e. The first-order chi connectivity index (χ1) is 18.4. The van der Waals surface area contributed by atoms with Gasteiger partial charge in [-0.1, -0.05) is 18.2 Å². The van der Waals surface area contributed by atoms with E-state index in [0.717, 1.165) is 16.8 Å². The Kier molecular flexibility index (Phi) is 6.49. The second kappa shape index (κ2) is 9.68. The minimum atomic E-state index is -0.619. The van der Waals surface area contributed by atoms with Crippen molar-refractivity contribution < 1.29 is 18.7 Å². The second-order valence-electron chi connectivity index (χ2n) is 11.1. The third kappa shape index (κ3) is 5.41. The van der Waals surface area contributed by atoms with Crippen LogP contribution in [0.15, 0.2) is 54.9 Å². The van der Waals surface area contributed by atoms with Gasteiger partial charge in [-0.2, -0.15) is 0 Å². The average Bonchev–Trinajstić information content (AvgIpc) is 3.47. The van der Waals surface area contributed by atoms with Crippen LogP contribution in [0.2, 0.25) is 0 Å². The number of imidazole rings is 1. The average molecular weight is 531 g/mol. The molecule has 0 saturated carbocycles. The topological polar surface area (TPSA) is 126 Å². The molecule has 4 aromatic rings. The number of hydrogen-bond acceptors (Lipinski definition) is 6. The summed E-state index contributed by atoms with van der Waals surface area (Å²) in [6.45, 7) is 8.52.